The summed E-state index contributed by atoms with van der Waals surface area (Å²) in [7, 11) is 1.73. The van der Waals surface area contributed by atoms with Gasteiger partial charge in [0, 0.05) is 24.9 Å². The zero-order valence-electron chi connectivity index (χ0n) is 12.1. The lowest BCUT2D eigenvalue weighted by Crippen LogP contribution is -2.12. The zero-order chi connectivity index (χ0) is 14.5. The summed E-state index contributed by atoms with van der Waals surface area (Å²) < 4.78 is 6.53. The van der Waals surface area contributed by atoms with Gasteiger partial charge in [-0.1, -0.05) is 42.5 Å². The van der Waals surface area contributed by atoms with E-state index in [-0.39, 0.29) is 0 Å². The Morgan fingerprint density at radius 2 is 1.86 bits per heavy atom. The van der Waals surface area contributed by atoms with Crippen LogP contribution in [-0.4, -0.2) is 7.11 Å². The number of thiophene rings is 1. The van der Waals surface area contributed by atoms with Crippen molar-refractivity contribution < 1.29 is 4.74 Å². The molecule has 1 heterocycles. The largest absolute Gasteiger partial charge is 0.380 e. The summed E-state index contributed by atoms with van der Waals surface area (Å²) in [5.74, 6) is 0. The zero-order valence-corrected chi connectivity index (χ0v) is 13.0. The summed E-state index contributed by atoms with van der Waals surface area (Å²) >= 11 is 1.81. The number of nitrogens with one attached hydrogen (secondary N) is 1. The van der Waals surface area contributed by atoms with Crippen LogP contribution < -0.4 is 5.32 Å². The van der Waals surface area contributed by atoms with Gasteiger partial charge >= 0.3 is 0 Å². The molecule has 21 heavy (non-hydrogen) atoms. The molecule has 0 atom stereocenters. The summed E-state index contributed by atoms with van der Waals surface area (Å²) in [5.41, 5.74) is 3.89. The highest BCUT2D eigenvalue weighted by Gasteiger charge is 2.03. The number of benzene rings is 2. The van der Waals surface area contributed by atoms with E-state index in [9.17, 15) is 0 Å². The first-order chi connectivity index (χ1) is 10.4. The van der Waals surface area contributed by atoms with Crippen LogP contribution in [0.25, 0.3) is 10.1 Å². The summed E-state index contributed by atoms with van der Waals surface area (Å²) in [6.45, 7) is 2.45. The van der Waals surface area contributed by atoms with Gasteiger partial charge in [-0.25, -0.2) is 0 Å². The molecule has 0 saturated heterocycles. The summed E-state index contributed by atoms with van der Waals surface area (Å²) in [6.07, 6.45) is 0. The van der Waals surface area contributed by atoms with Crippen LogP contribution in [0, 0.1) is 0 Å². The second-order valence-electron chi connectivity index (χ2n) is 5.11. The van der Waals surface area contributed by atoms with Crippen molar-refractivity contribution in [2.45, 2.75) is 19.7 Å². The lowest BCUT2D eigenvalue weighted by atomic mass is 10.1. The Kier molecular flexibility index (Phi) is 4.65. The second-order valence-corrected chi connectivity index (χ2v) is 6.02. The monoisotopic (exact) mass is 297 g/mol. The average Bonchev–Trinajstić information content (AvgIpc) is 2.92. The maximum atomic E-state index is 5.18. The third kappa shape index (κ3) is 3.50. The molecule has 0 amide bonds. The van der Waals surface area contributed by atoms with E-state index in [1.807, 2.05) is 11.3 Å². The molecule has 1 aromatic heterocycles. The van der Waals surface area contributed by atoms with E-state index >= 15 is 0 Å². The number of fused-ring (bicyclic) bond motifs is 1. The minimum absolute atomic E-state index is 0.670. The number of rotatable bonds is 6. The fourth-order valence-corrected chi connectivity index (χ4v) is 3.47. The molecule has 0 aliphatic heterocycles. The van der Waals surface area contributed by atoms with Gasteiger partial charge in [0.1, 0.15) is 0 Å². The summed E-state index contributed by atoms with van der Waals surface area (Å²) in [5, 5.41) is 7.14. The lowest BCUT2D eigenvalue weighted by molar-refractivity contribution is 0.185. The fourth-order valence-electron chi connectivity index (χ4n) is 2.51. The number of methoxy groups -OCH3 is 1. The molecule has 2 nitrogen and oxygen atoms in total. The highest BCUT2D eigenvalue weighted by Crippen LogP contribution is 2.25. The Morgan fingerprint density at radius 3 is 2.76 bits per heavy atom. The second kappa shape index (κ2) is 6.85. The van der Waals surface area contributed by atoms with Crippen molar-refractivity contribution in [3.63, 3.8) is 0 Å². The molecule has 0 bridgehead atoms. The van der Waals surface area contributed by atoms with E-state index in [2.05, 4.69) is 59.2 Å². The van der Waals surface area contributed by atoms with E-state index in [1.54, 1.807) is 7.11 Å². The van der Waals surface area contributed by atoms with Crippen LogP contribution in [0.3, 0.4) is 0 Å². The predicted octanol–water partition coefficient (Wildman–Crippen LogP) is 4.34. The number of ether oxygens (including phenoxy) is 1. The van der Waals surface area contributed by atoms with Crippen LogP contribution in [0.15, 0.2) is 53.9 Å². The Balaban J connectivity index is 1.62. The Bertz CT molecular complexity index is 720. The van der Waals surface area contributed by atoms with E-state index in [0.717, 1.165) is 13.1 Å². The molecule has 3 heteroatoms. The van der Waals surface area contributed by atoms with Crippen molar-refractivity contribution in [3.8, 4) is 0 Å². The first-order valence-electron chi connectivity index (χ1n) is 7.09. The van der Waals surface area contributed by atoms with Crippen molar-refractivity contribution in [3.05, 3.63) is 70.6 Å². The Morgan fingerprint density at radius 1 is 1.00 bits per heavy atom. The fraction of sp³-hybridized carbons (Fsp3) is 0.222. The molecule has 3 aromatic rings. The van der Waals surface area contributed by atoms with Crippen molar-refractivity contribution in [2.75, 3.05) is 7.11 Å². The molecular formula is C18H19NOS. The van der Waals surface area contributed by atoms with Crippen molar-refractivity contribution in [2.24, 2.45) is 0 Å². The van der Waals surface area contributed by atoms with Crippen molar-refractivity contribution in [1.29, 1.82) is 0 Å². The average molecular weight is 297 g/mol. The molecule has 0 saturated carbocycles. The molecule has 0 fully saturated rings. The molecule has 2 aromatic carbocycles. The Labute approximate surface area is 129 Å². The first kappa shape index (κ1) is 14.3. The van der Waals surface area contributed by atoms with Gasteiger partial charge in [-0.15, -0.1) is 11.3 Å². The normalized spacial score (nSPS) is 11.1. The van der Waals surface area contributed by atoms with Crippen molar-refractivity contribution in [1.82, 2.24) is 5.32 Å². The highest BCUT2D eigenvalue weighted by molar-refractivity contribution is 7.17. The SMILES string of the molecule is COCc1cccc(CNCc2csc3ccccc23)c1. The maximum absolute atomic E-state index is 5.18. The molecule has 3 rings (SSSR count). The van der Waals surface area contributed by atoms with Gasteiger partial charge in [0.05, 0.1) is 6.61 Å². The van der Waals surface area contributed by atoms with Crippen LogP contribution in [0.1, 0.15) is 16.7 Å². The maximum Gasteiger partial charge on any atom is 0.0713 e. The molecule has 0 aliphatic carbocycles. The van der Waals surface area contributed by atoms with Gasteiger partial charge in [-0.05, 0) is 33.5 Å². The van der Waals surface area contributed by atoms with Gasteiger partial charge in [-0.3, -0.25) is 0 Å². The Hall–Kier alpha value is -1.68. The topological polar surface area (TPSA) is 21.3 Å². The third-order valence-electron chi connectivity index (χ3n) is 3.51. The molecule has 0 aliphatic rings. The minimum atomic E-state index is 0.670. The quantitative estimate of drug-likeness (QED) is 0.731. The van der Waals surface area contributed by atoms with E-state index in [0.29, 0.717) is 6.61 Å². The van der Waals surface area contributed by atoms with Crippen molar-refractivity contribution >= 4 is 21.4 Å². The molecule has 108 valence electrons. The van der Waals surface area contributed by atoms with Gasteiger partial charge < -0.3 is 10.1 Å². The smallest absolute Gasteiger partial charge is 0.0713 e. The molecule has 0 spiro atoms. The van der Waals surface area contributed by atoms with Crippen LogP contribution in [0.2, 0.25) is 0 Å². The number of hydrogen-bond acceptors (Lipinski definition) is 3. The standard InChI is InChI=1S/C18H19NOS/c1-20-12-15-6-4-5-14(9-15)10-19-11-16-13-21-18-8-3-2-7-17(16)18/h2-9,13,19H,10-12H2,1H3. The number of hydrogen-bond donors (Lipinski definition) is 1. The lowest BCUT2D eigenvalue weighted by Gasteiger charge is -2.06. The van der Waals surface area contributed by atoms with Crippen LogP contribution in [-0.2, 0) is 24.4 Å². The van der Waals surface area contributed by atoms with E-state index in [4.69, 9.17) is 4.74 Å². The predicted molar refractivity (Wildman–Crippen MR) is 89.5 cm³/mol. The van der Waals surface area contributed by atoms with E-state index in [1.165, 1.54) is 26.8 Å². The third-order valence-corrected chi connectivity index (χ3v) is 4.52. The van der Waals surface area contributed by atoms with Crippen LogP contribution in [0.4, 0.5) is 0 Å². The van der Waals surface area contributed by atoms with Crippen LogP contribution >= 0.6 is 11.3 Å². The summed E-state index contributed by atoms with van der Waals surface area (Å²) in [4.78, 5) is 0. The molecule has 0 unspecified atom stereocenters. The first-order valence-corrected chi connectivity index (χ1v) is 7.97. The van der Waals surface area contributed by atoms with Gasteiger partial charge in [-0.2, -0.15) is 0 Å². The van der Waals surface area contributed by atoms with E-state index < -0.39 is 0 Å². The molecular weight excluding hydrogens is 278 g/mol. The highest BCUT2D eigenvalue weighted by atomic mass is 32.1. The van der Waals surface area contributed by atoms with Gasteiger partial charge in [0.25, 0.3) is 0 Å². The van der Waals surface area contributed by atoms with Gasteiger partial charge in [0.2, 0.25) is 0 Å². The molecule has 0 radical (unpaired) electrons. The van der Waals surface area contributed by atoms with Crippen LogP contribution in [0.5, 0.6) is 0 Å². The van der Waals surface area contributed by atoms with Gasteiger partial charge in [0.15, 0.2) is 0 Å². The summed E-state index contributed by atoms with van der Waals surface area (Å²) in [6, 6.07) is 17.1. The minimum Gasteiger partial charge on any atom is -0.380 e. The molecule has 1 N–H and O–H groups in total.